The molecule has 1 aromatic heterocycles. The van der Waals surface area contributed by atoms with Gasteiger partial charge in [-0.05, 0) is 42.5 Å². The molecule has 0 saturated carbocycles. The molecular weight excluding hydrogens is 549 g/mol. The molecule has 37 heavy (non-hydrogen) atoms. The molecular formula is C25H19BrFN5O5. The monoisotopic (exact) mass is 567 g/mol. The van der Waals surface area contributed by atoms with Crippen molar-refractivity contribution in [2.75, 3.05) is 11.9 Å². The van der Waals surface area contributed by atoms with Crippen molar-refractivity contribution >= 4 is 50.3 Å². The lowest BCUT2D eigenvalue weighted by Gasteiger charge is -2.11. The lowest BCUT2D eigenvalue weighted by molar-refractivity contribution is -0.385. The molecule has 3 aromatic carbocycles. The molecule has 0 bridgehead atoms. The average molecular weight is 568 g/mol. The van der Waals surface area contributed by atoms with E-state index in [1.807, 2.05) is 6.92 Å². The molecule has 1 N–H and O–H groups in total. The molecule has 0 aliphatic rings. The number of anilines is 1. The van der Waals surface area contributed by atoms with E-state index in [0.29, 0.717) is 27.6 Å². The number of carbonyl (C=O) groups is 1. The van der Waals surface area contributed by atoms with Gasteiger partial charge in [0.1, 0.15) is 11.6 Å². The molecule has 0 spiro atoms. The van der Waals surface area contributed by atoms with Crippen LogP contribution >= 0.6 is 15.9 Å². The fraction of sp³-hybridized carbons (Fsp3) is 0.120. The van der Waals surface area contributed by atoms with Crippen molar-refractivity contribution < 1.29 is 18.8 Å². The summed E-state index contributed by atoms with van der Waals surface area (Å²) in [6, 6.07) is 14.5. The highest BCUT2D eigenvalue weighted by atomic mass is 79.9. The number of amides is 1. The maximum Gasteiger partial charge on any atom is 0.311 e. The molecule has 12 heteroatoms. The molecule has 4 rings (SSSR count). The SMILES string of the molecule is CCc1nc2ccc(Br)cc2c(=O)n1N=Cc1cccc([N+](=O)[O-])c1OCC(=O)Nc1cccc(F)c1. The Balaban J connectivity index is 1.66. The topological polar surface area (TPSA) is 129 Å². The minimum atomic E-state index is -0.657. The largest absolute Gasteiger partial charge is 0.476 e. The molecule has 4 aromatic rings. The van der Waals surface area contributed by atoms with Gasteiger partial charge in [-0.3, -0.25) is 19.7 Å². The Labute approximate surface area is 217 Å². The zero-order valence-electron chi connectivity index (χ0n) is 19.4. The van der Waals surface area contributed by atoms with Crippen molar-refractivity contribution in [3.63, 3.8) is 0 Å². The second-order valence-electron chi connectivity index (χ2n) is 7.70. The van der Waals surface area contributed by atoms with Gasteiger partial charge in [0.15, 0.2) is 6.61 Å². The molecule has 0 atom stereocenters. The van der Waals surface area contributed by atoms with Gasteiger partial charge in [-0.25, -0.2) is 9.37 Å². The van der Waals surface area contributed by atoms with Crippen LogP contribution in [-0.4, -0.2) is 33.3 Å². The number of para-hydroxylation sites is 1. The highest BCUT2D eigenvalue weighted by Gasteiger charge is 2.20. The van der Waals surface area contributed by atoms with Gasteiger partial charge in [0.25, 0.3) is 11.5 Å². The maximum absolute atomic E-state index is 13.4. The molecule has 0 unspecified atom stereocenters. The summed E-state index contributed by atoms with van der Waals surface area (Å²) in [5.74, 6) is -1.01. The van der Waals surface area contributed by atoms with E-state index < -0.39 is 34.5 Å². The number of nitrogens with one attached hydrogen (secondary N) is 1. The van der Waals surface area contributed by atoms with Crippen LogP contribution in [0.15, 0.2) is 75.0 Å². The summed E-state index contributed by atoms with van der Waals surface area (Å²) in [7, 11) is 0. The summed E-state index contributed by atoms with van der Waals surface area (Å²) in [5, 5.41) is 18.7. The number of hydrogen-bond acceptors (Lipinski definition) is 7. The van der Waals surface area contributed by atoms with Gasteiger partial charge in [-0.1, -0.05) is 35.0 Å². The Hall–Kier alpha value is -4.45. The maximum atomic E-state index is 13.4. The molecule has 0 saturated heterocycles. The molecule has 0 fully saturated rings. The minimum Gasteiger partial charge on any atom is -0.476 e. The van der Waals surface area contributed by atoms with Crippen LogP contribution in [0.2, 0.25) is 0 Å². The van der Waals surface area contributed by atoms with E-state index in [0.717, 1.165) is 10.7 Å². The zero-order valence-corrected chi connectivity index (χ0v) is 20.9. The number of ether oxygens (including phenoxy) is 1. The number of nitrogens with zero attached hydrogens (tertiary/aromatic N) is 4. The summed E-state index contributed by atoms with van der Waals surface area (Å²) < 4.78 is 20.7. The molecule has 1 heterocycles. The number of nitro groups is 1. The van der Waals surface area contributed by atoms with Crippen LogP contribution in [0.1, 0.15) is 18.3 Å². The summed E-state index contributed by atoms with van der Waals surface area (Å²) >= 11 is 3.34. The second kappa shape index (κ2) is 11.1. The highest BCUT2D eigenvalue weighted by Crippen LogP contribution is 2.30. The highest BCUT2D eigenvalue weighted by molar-refractivity contribution is 9.10. The van der Waals surface area contributed by atoms with Gasteiger partial charge in [0.2, 0.25) is 5.75 Å². The van der Waals surface area contributed by atoms with Crippen LogP contribution in [-0.2, 0) is 11.2 Å². The average Bonchev–Trinajstić information content (AvgIpc) is 2.87. The van der Waals surface area contributed by atoms with Crippen molar-refractivity contribution in [3.8, 4) is 5.75 Å². The number of carbonyl (C=O) groups excluding carboxylic acids is 1. The third-order valence-electron chi connectivity index (χ3n) is 5.18. The van der Waals surface area contributed by atoms with Crippen LogP contribution in [0.25, 0.3) is 10.9 Å². The Morgan fingerprint density at radius 3 is 2.76 bits per heavy atom. The predicted molar refractivity (Wildman–Crippen MR) is 140 cm³/mol. The van der Waals surface area contributed by atoms with Gasteiger partial charge in [0, 0.05) is 28.2 Å². The first-order chi connectivity index (χ1) is 17.8. The molecule has 0 radical (unpaired) electrons. The van der Waals surface area contributed by atoms with Crippen molar-refractivity contribution in [2.24, 2.45) is 5.10 Å². The van der Waals surface area contributed by atoms with Crippen LogP contribution < -0.4 is 15.6 Å². The first-order valence-electron chi connectivity index (χ1n) is 11.0. The Morgan fingerprint density at radius 1 is 1.24 bits per heavy atom. The molecule has 10 nitrogen and oxygen atoms in total. The van der Waals surface area contributed by atoms with Crippen molar-refractivity contribution in [2.45, 2.75) is 13.3 Å². The summed E-state index contributed by atoms with van der Waals surface area (Å²) in [4.78, 5) is 40.9. The quantitative estimate of drug-likeness (QED) is 0.187. The van der Waals surface area contributed by atoms with E-state index in [9.17, 15) is 24.1 Å². The number of benzene rings is 3. The van der Waals surface area contributed by atoms with E-state index >= 15 is 0 Å². The minimum absolute atomic E-state index is 0.163. The van der Waals surface area contributed by atoms with E-state index in [2.05, 4.69) is 31.3 Å². The van der Waals surface area contributed by atoms with E-state index in [1.54, 1.807) is 18.2 Å². The summed E-state index contributed by atoms with van der Waals surface area (Å²) in [6.45, 7) is 1.23. The van der Waals surface area contributed by atoms with Crippen LogP contribution in [0.3, 0.4) is 0 Å². The second-order valence-corrected chi connectivity index (χ2v) is 8.62. The lowest BCUT2D eigenvalue weighted by Crippen LogP contribution is -2.22. The molecule has 1 amide bonds. The van der Waals surface area contributed by atoms with Crippen molar-refractivity contribution in [3.05, 3.63) is 103 Å². The Kier molecular flexibility index (Phi) is 7.68. The van der Waals surface area contributed by atoms with Gasteiger partial charge in [0.05, 0.1) is 22.0 Å². The van der Waals surface area contributed by atoms with Crippen LogP contribution in [0.4, 0.5) is 15.8 Å². The molecule has 0 aliphatic heterocycles. The first-order valence-corrected chi connectivity index (χ1v) is 11.8. The third-order valence-corrected chi connectivity index (χ3v) is 5.67. The number of fused-ring (bicyclic) bond motifs is 1. The van der Waals surface area contributed by atoms with Crippen LogP contribution in [0.5, 0.6) is 5.75 Å². The molecule has 188 valence electrons. The van der Waals surface area contributed by atoms with E-state index in [1.165, 1.54) is 42.6 Å². The number of nitro benzene ring substituents is 1. The number of halogens is 2. The number of aryl methyl sites for hydroxylation is 1. The number of rotatable bonds is 8. The van der Waals surface area contributed by atoms with E-state index in [-0.39, 0.29) is 17.0 Å². The lowest BCUT2D eigenvalue weighted by atomic mass is 10.2. The van der Waals surface area contributed by atoms with Gasteiger partial charge in [-0.15, -0.1) is 0 Å². The molecule has 0 aliphatic carbocycles. The first kappa shape index (κ1) is 25.6. The van der Waals surface area contributed by atoms with Gasteiger partial charge < -0.3 is 10.1 Å². The summed E-state index contributed by atoms with van der Waals surface area (Å²) in [6.07, 6.45) is 1.63. The fourth-order valence-electron chi connectivity index (χ4n) is 3.51. The van der Waals surface area contributed by atoms with E-state index in [4.69, 9.17) is 4.74 Å². The zero-order chi connectivity index (χ0) is 26.5. The number of hydrogen-bond donors (Lipinski definition) is 1. The third kappa shape index (κ3) is 5.86. The smallest absolute Gasteiger partial charge is 0.311 e. The predicted octanol–water partition coefficient (Wildman–Crippen LogP) is 4.67. The van der Waals surface area contributed by atoms with Gasteiger partial charge in [-0.2, -0.15) is 9.78 Å². The number of aromatic nitrogens is 2. The Morgan fingerprint density at radius 2 is 2.03 bits per heavy atom. The van der Waals surface area contributed by atoms with Crippen LogP contribution in [0, 0.1) is 15.9 Å². The van der Waals surface area contributed by atoms with Crippen molar-refractivity contribution in [1.29, 1.82) is 0 Å². The fourth-order valence-corrected chi connectivity index (χ4v) is 3.87. The standard InChI is InChI=1S/C25H19BrFN5O5/c1-2-22-30-20-10-9-16(26)11-19(20)25(34)31(22)28-13-15-5-3-8-21(32(35)36)24(15)37-14-23(33)29-18-7-4-6-17(27)12-18/h3-13H,2,14H2,1H3,(H,29,33). The van der Waals surface area contributed by atoms with Crippen molar-refractivity contribution in [1.82, 2.24) is 9.66 Å². The normalized spacial score (nSPS) is 11.1. The Bertz CT molecular complexity index is 1600. The summed E-state index contributed by atoms with van der Waals surface area (Å²) in [5.41, 5.74) is 0.0731. The van der Waals surface area contributed by atoms with Gasteiger partial charge >= 0.3 is 5.69 Å².